The van der Waals surface area contributed by atoms with Crippen molar-refractivity contribution in [2.24, 2.45) is 16.5 Å². The summed E-state index contributed by atoms with van der Waals surface area (Å²) in [5.74, 6) is 0.476. The number of hydrogen-bond acceptors (Lipinski definition) is 2. The Morgan fingerprint density at radius 1 is 0.609 bits per heavy atom. The summed E-state index contributed by atoms with van der Waals surface area (Å²) in [6.07, 6.45) is 0. The highest BCUT2D eigenvalue weighted by atomic mass is 15.0. The molecular formula is C42H36N4. The zero-order valence-electron chi connectivity index (χ0n) is 26.1. The summed E-state index contributed by atoms with van der Waals surface area (Å²) < 4.78 is 2.39. The van der Waals surface area contributed by atoms with Crippen molar-refractivity contribution in [3.05, 3.63) is 173 Å². The van der Waals surface area contributed by atoms with Crippen LogP contribution in [0, 0.1) is 0 Å². The molecule has 0 amide bonds. The van der Waals surface area contributed by atoms with Crippen LogP contribution < -0.4 is 11.5 Å². The zero-order chi connectivity index (χ0) is 31.4. The van der Waals surface area contributed by atoms with E-state index in [-0.39, 0.29) is 17.5 Å². The number of hydrogen-bond donors (Lipinski definition) is 2. The smallest absolute Gasteiger partial charge is 0.126 e. The molecule has 1 aromatic heterocycles. The summed E-state index contributed by atoms with van der Waals surface area (Å²) in [4.78, 5) is 4.98. The average molecular weight is 597 g/mol. The number of para-hydroxylation sites is 1. The molecule has 4 heteroatoms. The molecule has 1 aliphatic rings. The summed E-state index contributed by atoms with van der Waals surface area (Å²) in [6.45, 7) is 4.67. The van der Waals surface area contributed by atoms with Gasteiger partial charge in [-0.2, -0.15) is 0 Å². The van der Waals surface area contributed by atoms with Gasteiger partial charge in [0.1, 0.15) is 5.84 Å². The minimum Gasteiger partial charge on any atom is -0.383 e. The molecule has 46 heavy (non-hydrogen) atoms. The molecule has 1 unspecified atom stereocenters. The molecule has 1 heterocycles. The van der Waals surface area contributed by atoms with E-state index in [1.54, 1.807) is 0 Å². The zero-order valence-corrected chi connectivity index (χ0v) is 26.1. The summed E-state index contributed by atoms with van der Waals surface area (Å²) >= 11 is 0. The van der Waals surface area contributed by atoms with Gasteiger partial charge in [-0.05, 0) is 63.7 Å². The first kappa shape index (κ1) is 28.1. The van der Waals surface area contributed by atoms with Crippen LogP contribution in [0.2, 0.25) is 0 Å². The van der Waals surface area contributed by atoms with E-state index in [2.05, 4.69) is 115 Å². The lowest BCUT2D eigenvalue weighted by Crippen LogP contribution is -2.23. The number of nitrogens with two attached hydrogens (primary N) is 2. The van der Waals surface area contributed by atoms with Crippen molar-refractivity contribution in [3.63, 3.8) is 0 Å². The van der Waals surface area contributed by atoms with Crippen molar-refractivity contribution in [1.29, 1.82) is 0 Å². The number of fused-ring (bicyclic) bond motifs is 6. The molecule has 0 saturated heterocycles. The Morgan fingerprint density at radius 3 is 2.02 bits per heavy atom. The quantitative estimate of drug-likeness (QED) is 0.148. The van der Waals surface area contributed by atoms with Crippen molar-refractivity contribution < 1.29 is 0 Å². The van der Waals surface area contributed by atoms with Crippen LogP contribution in [-0.2, 0) is 5.41 Å². The molecular weight excluding hydrogens is 560 g/mol. The largest absolute Gasteiger partial charge is 0.383 e. The maximum absolute atomic E-state index is 7.01. The Kier molecular flexibility index (Phi) is 6.63. The first-order valence-corrected chi connectivity index (χ1v) is 15.9. The number of nitrogens with zero attached hydrogens (tertiary/aromatic N) is 2. The molecule has 0 radical (unpaired) electrons. The van der Waals surface area contributed by atoms with Crippen LogP contribution >= 0.6 is 0 Å². The predicted octanol–water partition coefficient (Wildman–Crippen LogP) is 9.24. The second-order valence-corrected chi connectivity index (χ2v) is 12.8. The highest BCUT2D eigenvalue weighted by Crippen LogP contribution is 2.51. The number of rotatable bonds is 6. The van der Waals surface area contributed by atoms with E-state index in [4.69, 9.17) is 16.5 Å². The van der Waals surface area contributed by atoms with Crippen LogP contribution in [0.3, 0.4) is 0 Å². The molecule has 8 rings (SSSR count). The van der Waals surface area contributed by atoms with Crippen molar-refractivity contribution >= 4 is 27.6 Å². The third-order valence-electron chi connectivity index (χ3n) is 9.74. The van der Waals surface area contributed by atoms with Gasteiger partial charge in [0.25, 0.3) is 0 Å². The summed E-state index contributed by atoms with van der Waals surface area (Å²) in [7, 11) is 0. The minimum absolute atomic E-state index is 0.0768. The lowest BCUT2D eigenvalue weighted by molar-refractivity contribution is 0.576. The predicted molar refractivity (Wildman–Crippen MR) is 192 cm³/mol. The van der Waals surface area contributed by atoms with Gasteiger partial charge in [0, 0.05) is 27.4 Å². The molecule has 1 aliphatic carbocycles. The van der Waals surface area contributed by atoms with Crippen molar-refractivity contribution in [1.82, 2.24) is 4.57 Å². The van der Waals surface area contributed by atoms with Gasteiger partial charge in [-0.25, -0.2) is 0 Å². The van der Waals surface area contributed by atoms with E-state index >= 15 is 0 Å². The Labute approximate surface area is 269 Å². The molecule has 0 saturated carbocycles. The average Bonchev–Trinajstić information content (AvgIpc) is 3.55. The molecule has 2 atom stereocenters. The van der Waals surface area contributed by atoms with E-state index in [9.17, 15) is 0 Å². The van der Waals surface area contributed by atoms with Gasteiger partial charge in [-0.3, -0.25) is 4.99 Å². The van der Waals surface area contributed by atoms with Gasteiger partial charge in [0.05, 0.1) is 23.1 Å². The van der Waals surface area contributed by atoms with Crippen LogP contribution in [-0.4, -0.2) is 10.4 Å². The van der Waals surface area contributed by atoms with E-state index in [1.165, 1.54) is 44.1 Å². The normalized spacial score (nSPS) is 15.1. The minimum atomic E-state index is -0.389. The van der Waals surface area contributed by atoms with E-state index < -0.39 is 0 Å². The number of aliphatic imine (C=N–C) groups is 1. The molecule has 4 N–H and O–H groups in total. The number of benzene rings is 6. The fourth-order valence-electron chi connectivity index (χ4n) is 7.31. The fraction of sp³-hybridized carbons (Fsp3) is 0.119. The third kappa shape index (κ3) is 4.45. The molecule has 4 nitrogen and oxygen atoms in total. The van der Waals surface area contributed by atoms with Gasteiger partial charge in [-0.1, -0.05) is 129 Å². The Bertz CT molecular complexity index is 2240. The first-order chi connectivity index (χ1) is 22.4. The van der Waals surface area contributed by atoms with Crippen LogP contribution in [0.25, 0.3) is 38.6 Å². The van der Waals surface area contributed by atoms with Crippen LogP contribution in [0.15, 0.2) is 151 Å². The summed E-state index contributed by atoms with van der Waals surface area (Å²) in [5, 5.41) is 2.51. The Hall–Kier alpha value is -5.45. The highest BCUT2D eigenvalue weighted by molar-refractivity contribution is 6.11. The van der Waals surface area contributed by atoms with E-state index in [1.807, 2.05) is 48.5 Å². The topological polar surface area (TPSA) is 69.3 Å². The second kappa shape index (κ2) is 10.9. The van der Waals surface area contributed by atoms with Gasteiger partial charge in [-0.15, -0.1) is 0 Å². The number of aromatic nitrogens is 1. The van der Waals surface area contributed by atoms with E-state index in [0.29, 0.717) is 5.84 Å². The number of amidine groups is 1. The fourth-order valence-corrected chi connectivity index (χ4v) is 7.31. The molecule has 7 aromatic rings. The van der Waals surface area contributed by atoms with Gasteiger partial charge < -0.3 is 16.0 Å². The maximum Gasteiger partial charge on any atom is 0.126 e. The van der Waals surface area contributed by atoms with Crippen LogP contribution in [0.5, 0.6) is 0 Å². The molecule has 6 aromatic carbocycles. The van der Waals surface area contributed by atoms with Crippen molar-refractivity contribution in [3.8, 4) is 16.8 Å². The maximum atomic E-state index is 7.01. The summed E-state index contributed by atoms with van der Waals surface area (Å²) in [6, 6.07) is 50.3. The lowest BCUT2D eigenvalue weighted by Gasteiger charge is -2.23. The van der Waals surface area contributed by atoms with Crippen LogP contribution in [0.1, 0.15) is 53.7 Å². The van der Waals surface area contributed by atoms with Gasteiger partial charge in [0.2, 0.25) is 0 Å². The molecule has 0 spiro atoms. The van der Waals surface area contributed by atoms with Crippen molar-refractivity contribution in [2.75, 3.05) is 0 Å². The Balaban J connectivity index is 1.23. The molecule has 224 valence electrons. The van der Waals surface area contributed by atoms with E-state index in [0.717, 1.165) is 22.4 Å². The van der Waals surface area contributed by atoms with Crippen molar-refractivity contribution in [2.45, 2.75) is 31.3 Å². The lowest BCUT2D eigenvalue weighted by atomic mass is 9.82. The first-order valence-electron chi connectivity index (χ1n) is 15.9. The molecule has 0 aliphatic heterocycles. The third-order valence-corrected chi connectivity index (χ3v) is 9.74. The Morgan fingerprint density at radius 2 is 1.26 bits per heavy atom. The summed E-state index contributed by atoms with van der Waals surface area (Å²) in [5.41, 5.74) is 25.3. The monoisotopic (exact) mass is 596 g/mol. The van der Waals surface area contributed by atoms with Crippen LogP contribution in [0.4, 0.5) is 0 Å². The van der Waals surface area contributed by atoms with Gasteiger partial charge in [0.15, 0.2) is 0 Å². The second-order valence-electron chi connectivity index (χ2n) is 12.8. The SMILES string of the molecule is CC1(C)c2ccccc2-c2cc3c4ccccc4n(-c4ccc([C@H](N)C(N=C(N)c5ccccc5)c5ccccc5)cc4)c3cc21. The highest BCUT2D eigenvalue weighted by Gasteiger charge is 2.36. The molecule has 0 bridgehead atoms. The molecule has 0 fully saturated rings. The van der Waals surface area contributed by atoms with Gasteiger partial charge >= 0.3 is 0 Å². The standard InChI is InChI=1S/C42H36N4/c1-42(2)35-19-11-9-17-31(35)33-25-34-32-18-10-12-20-37(32)46(38(34)26-36(33)42)30-23-21-27(22-24-30)39(43)40(28-13-5-3-6-14-28)45-41(44)29-15-7-4-8-16-29/h3-26,39-40H,43H2,1-2H3,(H2,44,45)/t39-,40?/m0/s1.